The first-order valence-electron chi connectivity index (χ1n) is 9.11. The van der Waals surface area contributed by atoms with Crippen LogP contribution in [0.4, 0.5) is 0 Å². The van der Waals surface area contributed by atoms with Gasteiger partial charge in [-0.05, 0) is 36.4 Å². The van der Waals surface area contributed by atoms with Gasteiger partial charge in [0.05, 0.1) is 25.6 Å². The summed E-state index contributed by atoms with van der Waals surface area (Å²) in [4.78, 5) is 9.65. The van der Waals surface area contributed by atoms with Crippen molar-refractivity contribution in [3.8, 4) is 45.4 Å². The van der Waals surface area contributed by atoms with Gasteiger partial charge < -0.3 is 9.47 Å². The van der Waals surface area contributed by atoms with Crippen LogP contribution >= 0.6 is 15.9 Å². The van der Waals surface area contributed by atoms with Crippen LogP contribution in [0.1, 0.15) is 0 Å². The van der Waals surface area contributed by atoms with E-state index in [9.17, 15) is 0 Å². The molecule has 1 heterocycles. The Morgan fingerprint density at radius 1 is 0.621 bits per heavy atom. The lowest BCUT2D eigenvalue weighted by molar-refractivity contribution is 0.355. The highest BCUT2D eigenvalue weighted by Gasteiger charge is 2.12. The monoisotopic (exact) mass is 446 g/mol. The maximum absolute atomic E-state index is 5.47. The Morgan fingerprint density at radius 3 is 1.90 bits per heavy atom. The smallest absolute Gasteiger partial charge is 0.161 e. The first kappa shape index (κ1) is 19.2. The Labute approximate surface area is 178 Å². The van der Waals surface area contributed by atoms with Gasteiger partial charge in [-0.2, -0.15) is 0 Å². The van der Waals surface area contributed by atoms with Crippen molar-refractivity contribution in [2.45, 2.75) is 0 Å². The highest BCUT2D eigenvalue weighted by Crippen LogP contribution is 2.34. The molecule has 0 aliphatic heterocycles. The lowest BCUT2D eigenvalue weighted by atomic mass is 10.1. The normalized spacial score (nSPS) is 10.6. The summed E-state index contributed by atoms with van der Waals surface area (Å²) in [6.45, 7) is 0. The third-order valence-electron chi connectivity index (χ3n) is 4.58. The topological polar surface area (TPSA) is 44.2 Å². The molecule has 0 saturated carbocycles. The molecule has 0 aliphatic carbocycles. The van der Waals surface area contributed by atoms with Gasteiger partial charge in [0.25, 0.3) is 0 Å². The Hall–Kier alpha value is -3.18. The highest BCUT2D eigenvalue weighted by molar-refractivity contribution is 9.10. The van der Waals surface area contributed by atoms with E-state index in [1.54, 1.807) is 14.2 Å². The van der Waals surface area contributed by atoms with Crippen molar-refractivity contribution in [2.24, 2.45) is 0 Å². The Morgan fingerprint density at radius 2 is 1.24 bits per heavy atom. The molecule has 0 spiro atoms. The minimum atomic E-state index is 0.662. The second kappa shape index (κ2) is 8.45. The zero-order chi connectivity index (χ0) is 20.2. The van der Waals surface area contributed by atoms with Gasteiger partial charge in [-0.25, -0.2) is 9.97 Å². The molecule has 144 valence electrons. The fraction of sp³-hybridized carbons (Fsp3) is 0.0833. The maximum atomic E-state index is 5.47. The third kappa shape index (κ3) is 4.15. The predicted octanol–water partition coefficient (Wildman–Crippen LogP) is 6.26. The molecule has 0 aliphatic rings. The van der Waals surface area contributed by atoms with Gasteiger partial charge >= 0.3 is 0 Å². The van der Waals surface area contributed by atoms with Gasteiger partial charge in [-0.3, -0.25) is 0 Å². The average Bonchev–Trinajstić information content (AvgIpc) is 2.79. The third-order valence-corrected chi connectivity index (χ3v) is 5.11. The summed E-state index contributed by atoms with van der Waals surface area (Å²) in [6.07, 6.45) is 0. The first-order chi connectivity index (χ1) is 14.2. The number of aromatic nitrogens is 2. The van der Waals surface area contributed by atoms with Crippen LogP contribution in [0.2, 0.25) is 0 Å². The largest absolute Gasteiger partial charge is 0.493 e. The summed E-state index contributed by atoms with van der Waals surface area (Å²) in [6, 6.07) is 25.9. The van der Waals surface area contributed by atoms with Crippen LogP contribution in [0, 0.1) is 0 Å². The van der Waals surface area contributed by atoms with Crippen molar-refractivity contribution < 1.29 is 9.47 Å². The summed E-state index contributed by atoms with van der Waals surface area (Å²) in [7, 11) is 3.26. The van der Waals surface area contributed by atoms with E-state index in [-0.39, 0.29) is 0 Å². The minimum Gasteiger partial charge on any atom is -0.493 e. The van der Waals surface area contributed by atoms with Crippen molar-refractivity contribution in [1.29, 1.82) is 0 Å². The van der Waals surface area contributed by atoms with E-state index < -0.39 is 0 Å². The van der Waals surface area contributed by atoms with Gasteiger partial charge in [0.2, 0.25) is 0 Å². The Balaban J connectivity index is 1.89. The number of hydrogen-bond acceptors (Lipinski definition) is 4. The molecule has 1 aromatic heterocycles. The summed E-state index contributed by atoms with van der Waals surface area (Å²) in [5, 5.41) is 0. The van der Waals surface area contributed by atoms with Crippen LogP contribution in [0.5, 0.6) is 11.5 Å². The van der Waals surface area contributed by atoms with E-state index in [1.165, 1.54) is 0 Å². The van der Waals surface area contributed by atoms with Gasteiger partial charge in [-0.1, -0.05) is 58.4 Å². The fourth-order valence-corrected chi connectivity index (χ4v) is 3.34. The van der Waals surface area contributed by atoms with Gasteiger partial charge in [0, 0.05) is 21.2 Å². The Kier molecular flexibility index (Phi) is 5.58. The SMILES string of the molecule is COc1ccc(-c2cc(-c3ccc(Br)cc3)nc(-c3ccccc3)n2)cc1OC. The number of methoxy groups -OCH3 is 2. The first-order valence-corrected chi connectivity index (χ1v) is 9.90. The van der Waals surface area contributed by atoms with E-state index in [2.05, 4.69) is 15.9 Å². The zero-order valence-electron chi connectivity index (χ0n) is 16.1. The second-order valence-corrected chi connectivity index (χ2v) is 7.32. The van der Waals surface area contributed by atoms with Gasteiger partial charge in [0.1, 0.15) is 0 Å². The Bertz CT molecular complexity index is 1130. The molecular weight excluding hydrogens is 428 g/mol. The number of ether oxygens (including phenoxy) is 2. The number of hydrogen-bond donors (Lipinski definition) is 0. The molecule has 0 fully saturated rings. The van der Waals surface area contributed by atoms with Crippen LogP contribution in [0.3, 0.4) is 0 Å². The highest BCUT2D eigenvalue weighted by atomic mass is 79.9. The number of halogens is 1. The van der Waals surface area contributed by atoms with E-state index in [1.807, 2.05) is 78.9 Å². The molecule has 5 heteroatoms. The fourth-order valence-electron chi connectivity index (χ4n) is 3.08. The second-order valence-electron chi connectivity index (χ2n) is 6.40. The summed E-state index contributed by atoms with van der Waals surface area (Å²) in [5.74, 6) is 2.02. The van der Waals surface area contributed by atoms with Crippen LogP contribution in [-0.4, -0.2) is 24.2 Å². The summed E-state index contributed by atoms with van der Waals surface area (Å²) < 4.78 is 11.9. The molecule has 29 heavy (non-hydrogen) atoms. The summed E-state index contributed by atoms with van der Waals surface area (Å²) in [5.41, 5.74) is 4.59. The van der Waals surface area contributed by atoms with Crippen molar-refractivity contribution in [3.05, 3.63) is 83.3 Å². The van der Waals surface area contributed by atoms with Crippen molar-refractivity contribution >= 4 is 15.9 Å². The van der Waals surface area contributed by atoms with Crippen molar-refractivity contribution in [1.82, 2.24) is 9.97 Å². The molecule has 0 N–H and O–H groups in total. The lowest BCUT2D eigenvalue weighted by Gasteiger charge is -2.12. The van der Waals surface area contributed by atoms with Gasteiger partial charge in [0.15, 0.2) is 17.3 Å². The van der Waals surface area contributed by atoms with E-state index >= 15 is 0 Å². The van der Waals surface area contributed by atoms with E-state index in [4.69, 9.17) is 19.4 Å². The lowest BCUT2D eigenvalue weighted by Crippen LogP contribution is -1.97. The van der Waals surface area contributed by atoms with E-state index in [0.29, 0.717) is 17.3 Å². The quantitative estimate of drug-likeness (QED) is 0.362. The molecule has 0 unspecified atom stereocenters. The maximum Gasteiger partial charge on any atom is 0.161 e. The number of nitrogens with zero attached hydrogens (tertiary/aromatic N) is 2. The standard InChI is InChI=1S/C24H19BrN2O2/c1-28-22-13-10-18(14-23(22)29-2)21-15-20(16-8-11-19(25)12-9-16)26-24(27-21)17-6-4-3-5-7-17/h3-15H,1-2H3. The molecule has 3 aromatic carbocycles. The van der Waals surface area contributed by atoms with Crippen LogP contribution in [0.25, 0.3) is 33.9 Å². The van der Waals surface area contributed by atoms with Crippen LogP contribution < -0.4 is 9.47 Å². The molecular formula is C24H19BrN2O2. The van der Waals surface area contributed by atoms with Gasteiger partial charge in [-0.15, -0.1) is 0 Å². The summed E-state index contributed by atoms with van der Waals surface area (Å²) >= 11 is 3.49. The average molecular weight is 447 g/mol. The molecule has 0 amide bonds. The molecule has 0 atom stereocenters. The molecule has 0 radical (unpaired) electrons. The van der Waals surface area contributed by atoms with Crippen LogP contribution in [-0.2, 0) is 0 Å². The van der Waals surface area contributed by atoms with E-state index in [0.717, 1.165) is 32.6 Å². The zero-order valence-corrected chi connectivity index (χ0v) is 17.7. The predicted molar refractivity (Wildman–Crippen MR) is 119 cm³/mol. The van der Waals surface area contributed by atoms with Crippen molar-refractivity contribution in [3.63, 3.8) is 0 Å². The molecule has 4 aromatic rings. The number of rotatable bonds is 5. The van der Waals surface area contributed by atoms with Crippen LogP contribution in [0.15, 0.2) is 83.3 Å². The molecule has 0 saturated heterocycles. The molecule has 4 rings (SSSR count). The molecule has 0 bridgehead atoms. The van der Waals surface area contributed by atoms with Crippen molar-refractivity contribution in [2.75, 3.05) is 14.2 Å². The number of benzene rings is 3. The minimum absolute atomic E-state index is 0.662. The molecule has 4 nitrogen and oxygen atoms in total.